The van der Waals surface area contributed by atoms with Gasteiger partial charge in [-0.2, -0.15) is 0 Å². The van der Waals surface area contributed by atoms with Gasteiger partial charge in [0, 0.05) is 13.7 Å². The van der Waals surface area contributed by atoms with Crippen LogP contribution >= 0.6 is 15.9 Å². The normalized spacial score (nSPS) is 22.4. The van der Waals surface area contributed by atoms with E-state index in [2.05, 4.69) is 26.6 Å². The molecule has 1 aliphatic heterocycles. The Hall–Kier alpha value is -1.11. The zero-order valence-corrected chi connectivity index (χ0v) is 14.8. The Morgan fingerprint density at radius 1 is 1.50 bits per heavy atom. The van der Waals surface area contributed by atoms with Crippen LogP contribution in [0.25, 0.3) is 0 Å². The number of halogens is 1. The number of carbonyl (C=O) groups is 1. The van der Waals surface area contributed by atoms with Crippen molar-refractivity contribution in [3.05, 3.63) is 28.2 Å². The first kappa shape index (κ1) is 17.2. The summed E-state index contributed by atoms with van der Waals surface area (Å²) in [5.41, 5.74) is 0.562. The highest BCUT2D eigenvalue weighted by Crippen LogP contribution is 2.30. The molecule has 6 heteroatoms. The summed E-state index contributed by atoms with van der Waals surface area (Å²) < 4.78 is 11.4. The molecule has 0 radical (unpaired) electrons. The number of hydrogen-bond acceptors (Lipinski definition) is 4. The molecular weight excluding hydrogens is 348 g/mol. The van der Waals surface area contributed by atoms with Gasteiger partial charge in [-0.15, -0.1) is 0 Å². The zero-order valence-electron chi connectivity index (χ0n) is 13.2. The topological polar surface area (TPSA) is 59.6 Å². The van der Waals surface area contributed by atoms with Crippen LogP contribution in [0.15, 0.2) is 22.7 Å². The highest BCUT2D eigenvalue weighted by atomic mass is 79.9. The summed E-state index contributed by atoms with van der Waals surface area (Å²) in [5.74, 6) is 0.817. The monoisotopic (exact) mass is 370 g/mol. The first-order valence-corrected chi connectivity index (χ1v) is 8.16. The largest absolute Gasteiger partial charge is 0.496 e. The Labute approximate surface area is 139 Å². The van der Waals surface area contributed by atoms with Gasteiger partial charge in [-0.25, -0.2) is 0 Å². The molecule has 122 valence electrons. The minimum absolute atomic E-state index is 0.0405. The minimum atomic E-state index is -0.466. The van der Waals surface area contributed by atoms with Crippen molar-refractivity contribution in [2.45, 2.75) is 19.4 Å². The lowest BCUT2D eigenvalue weighted by atomic mass is 9.86. The molecule has 0 bridgehead atoms. The smallest absolute Gasteiger partial charge is 0.230 e. The third kappa shape index (κ3) is 3.62. The Morgan fingerprint density at radius 3 is 2.82 bits per heavy atom. The number of hydrogen-bond donors (Lipinski definition) is 2. The van der Waals surface area contributed by atoms with Crippen LogP contribution in [-0.4, -0.2) is 39.8 Å². The maximum Gasteiger partial charge on any atom is 0.230 e. The molecule has 1 aromatic rings. The van der Waals surface area contributed by atoms with Gasteiger partial charge >= 0.3 is 0 Å². The van der Waals surface area contributed by atoms with E-state index in [0.717, 1.165) is 28.8 Å². The van der Waals surface area contributed by atoms with Crippen molar-refractivity contribution in [3.63, 3.8) is 0 Å². The third-order valence-electron chi connectivity index (χ3n) is 4.17. The number of amides is 1. The van der Waals surface area contributed by atoms with Crippen LogP contribution < -0.4 is 15.4 Å². The molecule has 1 amide bonds. The van der Waals surface area contributed by atoms with Crippen molar-refractivity contribution in [3.8, 4) is 5.75 Å². The van der Waals surface area contributed by atoms with E-state index in [-0.39, 0.29) is 11.9 Å². The van der Waals surface area contributed by atoms with Crippen LogP contribution in [0.5, 0.6) is 5.75 Å². The molecule has 0 saturated carbocycles. The fourth-order valence-electron chi connectivity index (χ4n) is 2.79. The fraction of sp³-hybridized carbons (Fsp3) is 0.562. The lowest BCUT2D eigenvalue weighted by Crippen LogP contribution is -2.46. The molecular formula is C16H23BrN2O3. The Morgan fingerprint density at radius 2 is 2.27 bits per heavy atom. The zero-order chi connectivity index (χ0) is 16.2. The van der Waals surface area contributed by atoms with E-state index in [4.69, 9.17) is 9.47 Å². The van der Waals surface area contributed by atoms with Crippen LogP contribution in [-0.2, 0) is 9.53 Å². The predicted octanol–water partition coefficient (Wildman–Crippen LogP) is 2.26. The van der Waals surface area contributed by atoms with E-state index in [9.17, 15) is 4.79 Å². The van der Waals surface area contributed by atoms with Gasteiger partial charge in [0.25, 0.3) is 0 Å². The van der Waals surface area contributed by atoms with Crippen LogP contribution in [0, 0.1) is 5.41 Å². The number of methoxy groups -OCH3 is 2. The van der Waals surface area contributed by atoms with Crippen molar-refractivity contribution in [1.29, 1.82) is 0 Å². The molecule has 2 atom stereocenters. The number of ether oxygens (including phenoxy) is 2. The highest BCUT2D eigenvalue weighted by molar-refractivity contribution is 9.10. The van der Waals surface area contributed by atoms with E-state index < -0.39 is 5.41 Å². The van der Waals surface area contributed by atoms with Crippen molar-refractivity contribution in [2.75, 3.05) is 33.9 Å². The molecule has 0 aromatic heterocycles. The first-order chi connectivity index (χ1) is 10.5. The first-order valence-electron chi connectivity index (χ1n) is 7.36. The number of benzene rings is 1. The SMILES string of the molecule is COCC1(C(=O)NC(C)c2ccc(OC)c(Br)c2)CCNC1. The predicted molar refractivity (Wildman–Crippen MR) is 89.0 cm³/mol. The fourth-order valence-corrected chi connectivity index (χ4v) is 3.35. The van der Waals surface area contributed by atoms with Gasteiger partial charge in [-0.05, 0) is 53.5 Å². The van der Waals surface area contributed by atoms with Crippen LogP contribution in [0.2, 0.25) is 0 Å². The lowest BCUT2D eigenvalue weighted by Gasteiger charge is -2.28. The summed E-state index contributed by atoms with van der Waals surface area (Å²) >= 11 is 3.48. The van der Waals surface area contributed by atoms with Crippen LogP contribution in [0.4, 0.5) is 0 Å². The molecule has 2 unspecified atom stereocenters. The quantitative estimate of drug-likeness (QED) is 0.806. The molecule has 1 aromatic carbocycles. The average molecular weight is 371 g/mol. The van der Waals surface area contributed by atoms with E-state index in [1.54, 1.807) is 14.2 Å². The summed E-state index contributed by atoms with van der Waals surface area (Å²) in [6, 6.07) is 5.75. The molecule has 5 nitrogen and oxygen atoms in total. The Balaban J connectivity index is 2.08. The van der Waals surface area contributed by atoms with Crippen molar-refractivity contribution in [2.24, 2.45) is 5.41 Å². The summed E-state index contributed by atoms with van der Waals surface area (Å²) in [5, 5.41) is 6.36. The van der Waals surface area contributed by atoms with Gasteiger partial charge in [-0.3, -0.25) is 4.79 Å². The molecule has 2 rings (SSSR count). The second kappa shape index (κ2) is 7.44. The van der Waals surface area contributed by atoms with Gasteiger partial charge < -0.3 is 20.1 Å². The average Bonchev–Trinajstić information content (AvgIpc) is 2.97. The highest BCUT2D eigenvalue weighted by Gasteiger charge is 2.41. The minimum Gasteiger partial charge on any atom is -0.496 e. The summed E-state index contributed by atoms with van der Waals surface area (Å²) in [7, 11) is 3.27. The lowest BCUT2D eigenvalue weighted by molar-refractivity contribution is -0.133. The Bertz CT molecular complexity index is 530. The van der Waals surface area contributed by atoms with Crippen LogP contribution in [0.1, 0.15) is 24.9 Å². The summed E-state index contributed by atoms with van der Waals surface area (Å²) in [6.45, 7) is 3.92. The molecule has 1 saturated heterocycles. The van der Waals surface area contributed by atoms with Crippen LogP contribution in [0.3, 0.4) is 0 Å². The van der Waals surface area contributed by atoms with E-state index in [1.807, 2.05) is 25.1 Å². The molecule has 1 fully saturated rings. The van der Waals surface area contributed by atoms with Crippen molar-refractivity contribution in [1.82, 2.24) is 10.6 Å². The van der Waals surface area contributed by atoms with E-state index >= 15 is 0 Å². The second-order valence-electron chi connectivity index (χ2n) is 5.73. The van der Waals surface area contributed by atoms with Crippen molar-refractivity contribution < 1.29 is 14.3 Å². The molecule has 1 aliphatic rings. The molecule has 0 aliphatic carbocycles. The maximum absolute atomic E-state index is 12.7. The molecule has 1 heterocycles. The van der Waals surface area contributed by atoms with Gasteiger partial charge in [0.05, 0.1) is 29.6 Å². The number of carbonyl (C=O) groups excluding carboxylic acids is 1. The summed E-state index contributed by atoms with van der Waals surface area (Å²) in [6.07, 6.45) is 0.797. The Kier molecular flexibility index (Phi) is 5.83. The standard InChI is InChI=1S/C16H23BrN2O3/c1-11(12-4-5-14(22-3)13(17)8-12)19-15(20)16(10-21-2)6-7-18-9-16/h4-5,8,11,18H,6-7,9-10H2,1-3H3,(H,19,20). The molecule has 0 spiro atoms. The second-order valence-corrected chi connectivity index (χ2v) is 6.58. The molecule has 2 N–H and O–H groups in total. The van der Waals surface area contributed by atoms with Gasteiger partial charge in [-0.1, -0.05) is 6.07 Å². The van der Waals surface area contributed by atoms with E-state index in [1.165, 1.54) is 0 Å². The maximum atomic E-state index is 12.7. The number of rotatable bonds is 6. The summed E-state index contributed by atoms with van der Waals surface area (Å²) in [4.78, 5) is 12.7. The van der Waals surface area contributed by atoms with Gasteiger partial charge in [0.1, 0.15) is 5.75 Å². The molecule has 22 heavy (non-hydrogen) atoms. The number of nitrogens with one attached hydrogen (secondary N) is 2. The van der Waals surface area contributed by atoms with Gasteiger partial charge in [0.15, 0.2) is 0 Å². The third-order valence-corrected chi connectivity index (χ3v) is 4.79. The van der Waals surface area contributed by atoms with Gasteiger partial charge in [0.2, 0.25) is 5.91 Å². The van der Waals surface area contributed by atoms with E-state index in [0.29, 0.717) is 13.2 Å². The van der Waals surface area contributed by atoms with Crippen molar-refractivity contribution >= 4 is 21.8 Å².